The Bertz CT molecular complexity index is 330. The van der Waals surface area contributed by atoms with Gasteiger partial charge in [0.05, 0.1) is 0 Å². The molecule has 1 nitrogen and oxygen atoms in total. The number of rotatable bonds is 1. The van der Waals surface area contributed by atoms with Crippen LogP contribution in [0.2, 0.25) is 0 Å². The summed E-state index contributed by atoms with van der Waals surface area (Å²) in [6, 6.07) is 2.32. The van der Waals surface area contributed by atoms with Crippen molar-refractivity contribution in [2.75, 3.05) is 0 Å². The Morgan fingerprint density at radius 2 is 2.29 bits per heavy atom. The van der Waals surface area contributed by atoms with Crippen molar-refractivity contribution in [3.05, 3.63) is 29.1 Å². The molecule has 0 saturated heterocycles. The predicted octanol–water partition coefficient (Wildman–Crippen LogP) is 3.47. The molecule has 1 heteroatoms. The highest BCUT2D eigenvalue weighted by Gasteiger charge is 2.23. The van der Waals surface area contributed by atoms with E-state index in [1.807, 2.05) is 6.20 Å². The third-order valence-corrected chi connectivity index (χ3v) is 3.42. The lowest BCUT2D eigenvalue weighted by Crippen LogP contribution is -2.18. The van der Waals surface area contributed by atoms with Crippen molar-refractivity contribution >= 4 is 0 Å². The van der Waals surface area contributed by atoms with E-state index in [9.17, 15) is 0 Å². The lowest BCUT2D eigenvalue weighted by Gasteiger charge is -2.28. The van der Waals surface area contributed by atoms with E-state index >= 15 is 0 Å². The van der Waals surface area contributed by atoms with Crippen LogP contribution in [0.15, 0.2) is 12.3 Å². The fourth-order valence-corrected chi connectivity index (χ4v) is 2.51. The molecule has 0 N–H and O–H groups in total. The van der Waals surface area contributed by atoms with Gasteiger partial charge in [0, 0.05) is 11.9 Å². The number of hydrogen-bond acceptors (Lipinski definition) is 1. The normalized spacial score (nSPS) is 25.9. The van der Waals surface area contributed by atoms with E-state index in [1.165, 1.54) is 36.1 Å². The lowest BCUT2D eigenvalue weighted by atomic mass is 9.79. The van der Waals surface area contributed by atoms with Crippen LogP contribution in [-0.4, -0.2) is 4.98 Å². The molecule has 1 aromatic rings. The minimum absolute atomic E-state index is 0.705. The highest BCUT2D eigenvalue weighted by Crippen LogP contribution is 2.35. The standard InChI is InChI=1S/C13H19N/c1-4-11-6-10(3)12-5-9(2)8-14-13(12)7-11/h5,8,10-11H,4,6-7H2,1-3H3. The molecule has 0 radical (unpaired) electrons. The van der Waals surface area contributed by atoms with Crippen LogP contribution >= 0.6 is 0 Å². The van der Waals surface area contributed by atoms with Gasteiger partial charge in [0.1, 0.15) is 0 Å². The molecule has 2 atom stereocenters. The van der Waals surface area contributed by atoms with Crippen molar-refractivity contribution in [2.24, 2.45) is 5.92 Å². The third kappa shape index (κ3) is 1.68. The zero-order valence-corrected chi connectivity index (χ0v) is 9.38. The quantitative estimate of drug-likeness (QED) is 0.659. The van der Waals surface area contributed by atoms with Gasteiger partial charge in [0.25, 0.3) is 0 Å². The summed E-state index contributed by atoms with van der Waals surface area (Å²) in [6.07, 6.45) is 5.83. The average molecular weight is 189 g/mol. The summed E-state index contributed by atoms with van der Waals surface area (Å²) < 4.78 is 0. The summed E-state index contributed by atoms with van der Waals surface area (Å²) in [5.41, 5.74) is 4.14. The van der Waals surface area contributed by atoms with Crippen LogP contribution in [0.4, 0.5) is 0 Å². The minimum Gasteiger partial charge on any atom is -0.261 e. The Kier molecular flexibility index (Phi) is 2.58. The molecule has 0 amide bonds. The first-order valence-corrected chi connectivity index (χ1v) is 5.66. The molecule has 1 aliphatic carbocycles. The molecule has 1 aliphatic rings. The number of nitrogens with zero attached hydrogens (tertiary/aromatic N) is 1. The highest BCUT2D eigenvalue weighted by molar-refractivity contribution is 5.30. The molecular formula is C13H19N. The topological polar surface area (TPSA) is 12.9 Å². The lowest BCUT2D eigenvalue weighted by molar-refractivity contribution is 0.399. The Balaban J connectivity index is 2.35. The second-order valence-corrected chi connectivity index (χ2v) is 4.66. The number of fused-ring (bicyclic) bond motifs is 1. The summed E-state index contributed by atoms with van der Waals surface area (Å²) >= 11 is 0. The summed E-state index contributed by atoms with van der Waals surface area (Å²) in [5, 5.41) is 0. The maximum absolute atomic E-state index is 4.57. The first-order chi connectivity index (χ1) is 6.70. The van der Waals surface area contributed by atoms with Gasteiger partial charge >= 0.3 is 0 Å². The maximum atomic E-state index is 4.57. The van der Waals surface area contributed by atoms with Crippen LogP contribution in [0.1, 0.15) is 49.4 Å². The number of pyridine rings is 1. The molecule has 0 aromatic carbocycles. The SMILES string of the molecule is CCC1Cc2ncc(C)cc2C(C)C1. The molecule has 0 saturated carbocycles. The van der Waals surface area contributed by atoms with Crippen LogP contribution in [0.3, 0.4) is 0 Å². The first-order valence-electron chi connectivity index (χ1n) is 5.66. The molecule has 0 fully saturated rings. The van der Waals surface area contributed by atoms with E-state index in [-0.39, 0.29) is 0 Å². The van der Waals surface area contributed by atoms with Gasteiger partial charge < -0.3 is 0 Å². The van der Waals surface area contributed by atoms with Crippen molar-refractivity contribution in [1.82, 2.24) is 4.98 Å². The smallest absolute Gasteiger partial charge is 0.0441 e. The van der Waals surface area contributed by atoms with Gasteiger partial charge in [-0.3, -0.25) is 4.98 Å². The molecule has 0 bridgehead atoms. The monoisotopic (exact) mass is 189 g/mol. The van der Waals surface area contributed by atoms with Crippen molar-refractivity contribution in [2.45, 2.75) is 46.0 Å². The van der Waals surface area contributed by atoms with Crippen LogP contribution in [-0.2, 0) is 6.42 Å². The Hall–Kier alpha value is -0.850. The van der Waals surface area contributed by atoms with Crippen molar-refractivity contribution < 1.29 is 0 Å². The van der Waals surface area contributed by atoms with Crippen molar-refractivity contribution in [3.8, 4) is 0 Å². The van der Waals surface area contributed by atoms with E-state index in [0.717, 1.165) is 5.92 Å². The van der Waals surface area contributed by atoms with Crippen molar-refractivity contribution in [3.63, 3.8) is 0 Å². The Morgan fingerprint density at radius 3 is 3.00 bits per heavy atom. The van der Waals surface area contributed by atoms with Gasteiger partial charge in [-0.25, -0.2) is 0 Å². The van der Waals surface area contributed by atoms with E-state index in [0.29, 0.717) is 5.92 Å². The molecule has 1 heterocycles. The van der Waals surface area contributed by atoms with Crippen LogP contribution in [0, 0.1) is 12.8 Å². The van der Waals surface area contributed by atoms with Crippen molar-refractivity contribution in [1.29, 1.82) is 0 Å². The van der Waals surface area contributed by atoms with Gasteiger partial charge in [-0.05, 0) is 42.7 Å². The molecule has 2 rings (SSSR count). The zero-order valence-electron chi connectivity index (χ0n) is 9.38. The van der Waals surface area contributed by atoms with E-state index in [4.69, 9.17) is 0 Å². The Morgan fingerprint density at radius 1 is 1.50 bits per heavy atom. The number of hydrogen-bond donors (Lipinski definition) is 0. The Labute approximate surface area is 86.6 Å². The summed E-state index contributed by atoms with van der Waals surface area (Å²) in [6.45, 7) is 6.75. The fourth-order valence-electron chi connectivity index (χ4n) is 2.51. The molecule has 14 heavy (non-hydrogen) atoms. The number of aryl methyl sites for hydroxylation is 1. The molecule has 2 unspecified atom stereocenters. The van der Waals surface area contributed by atoms with Crippen LogP contribution in [0.5, 0.6) is 0 Å². The highest BCUT2D eigenvalue weighted by atomic mass is 14.7. The van der Waals surface area contributed by atoms with Gasteiger partial charge in [-0.2, -0.15) is 0 Å². The first kappa shape index (κ1) is 9.70. The molecular weight excluding hydrogens is 170 g/mol. The van der Waals surface area contributed by atoms with Crippen LogP contribution < -0.4 is 0 Å². The molecule has 1 aromatic heterocycles. The minimum atomic E-state index is 0.705. The van der Waals surface area contributed by atoms with Gasteiger partial charge in [-0.1, -0.05) is 26.3 Å². The van der Waals surface area contributed by atoms with E-state index < -0.39 is 0 Å². The summed E-state index contributed by atoms with van der Waals surface area (Å²) in [7, 11) is 0. The molecule has 76 valence electrons. The van der Waals surface area contributed by atoms with Gasteiger partial charge in [0.15, 0.2) is 0 Å². The summed E-state index contributed by atoms with van der Waals surface area (Å²) in [4.78, 5) is 4.57. The van der Waals surface area contributed by atoms with E-state index in [2.05, 4.69) is 31.8 Å². The maximum Gasteiger partial charge on any atom is 0.0441 e. The second-order valence-electron chi connectivity index (χ2n) is 4.66. The number of aromatic nitrogens is 1. The predicted molar refractivity (Wildman–Crippen MR) is 59.5 cm³/mol. The molecule has 0 spiro atoms. The van der Waals surface area contributed by atoms with E-state index in [1.54, 1.807) is 0 Å². The molecule has 0 aliphatic heterocycles. The average Bonchev–Trinajstić information content (AvgIpc) is 2.19. The van der Waals surface area contributed by atoms with Gasteiger partial charge in [-0.15, -0.1) is 0 Å². The largest absolute Gasteiger partial charge is 0.261 e. The zero-order chi connectivity index (χ0) is 10.1. The summed E-state index contributed by atoms with van der Waals surface area (Å²) in [5.74, 6) is 1.56. The third-order valence-electron chi connectivity index (χ3n) is 3.42. The fraction of sp³-hybridized carbons (Fsp3) is 0.615. The van der Waals surface area contributed by atoms with Crippen LogP contribution in [0.25, 0.3) is 0 Å². The second kappa shape index (κ2) is 3.72. The van der Waals surface area contributed by atoms with Gasteiger partial charge in [0.2, 0.25) is 0 Å².